The molecule has 2 aromatic rings. The molecular weight excluding hydrogens is 314 g/mol. The summed E-state index contributed by atoms with van der Waals surface area (Å²) in [4.78, 5) is 12.1. The molecule has 1 aliphatic rings. The quantitative estimate of drug-likeness (QED) is 0.880. The van der Waals surface area contributed by atoms with Gasteiger partial charge in [0.2, 0.25) is 5.91 Å². The van der Waals surface area contributed by atoms with Crippen molar-refractivity contribution in [2.75, 3.05) is 11.9 Å². The van der Waals surface area contributed by atoms with Crippen molar-refractivity contribution >= 4 is 24.0 Å². The van der Waals surface area contributed by atoms with Crippen molar-refractivity contribution in [3.05, 3.63) is 30.6 Å². The monoisotopic (exact) mass is 335 g/mol. The number of rotatable bonds is 5. The Hall–Kier alpha value is -1.92. The van der Waals surface area contributed by atoms with E-state index in [0.717, 1.165) is 30.0 Å². The summed E-state index contributed by atoms with van der Waals surface area (Å²) in [5, 5.41) is 14.3. The van der Waals surface area contributed by atoms with Gasteiger partial charge in [0.15, 0.2) is 5.82 Å². The van der Waals surface area contributed by atoms with Crippen molar-refractivity contribution in [2.24, 2.45) is 7.05 Å². The molecule has 1 atom stereocenters. The van der Waals surface area contributed by atoms with Crippen LogP contribution < -0.4 is 10.6 Å². The average molecular weight is 336 g/mol. The predicted octanol–water partition coefficient (Wildman–Crippen LogP) is 2.37. The van der Waals surface area contributed by atoms with E-state index in [9.17, 15) is 4.79 Å². The van der Waals surface area contributed by atoms with Crippen LogP contribution in [0.5, 0.6) is 0 Å². The van der Waals surface area contributed by atoms with Crippen LogP contribution in [0.25, 0.3) is 11.4 Å². The van der Waals surface area contributed by atoms with E-state index in [2.05, 4.69) is 20.8 Å². The number of nitrogens with zero attached hydrogens (tertiary/aromatic N) is 3. The molecule has 7 heteroatoms. The molecule has 2 N–H and O–H groups in total. The summed E-state index contributed by atoms with van der Waals surface area (Å²) in [6.07, 6.45) is 5.50. The number of amides is 1. The largest absolute Gasteiger partial charge is 0.326 e. The minimum atomic E-state index is 0. The van der Waals surface area contributed by atoms with Gasteiger partial charge in [-0.25, -0.2) is 0 Å². The molecule has 1 saturated heterocycles. The maximum Gasteiger partial charge on any atom is 0.224 e. The standard InChI is InChI=1S/C16H21N5O.ClH/c1-21-11-18-20-16(21)12-4-2-5-14(10-12)19-15(22)8-7-13-6-3-9-17-13;/h2,4-5,10-11,13,17H,3,6-9H2,1H3,(H,19,22);1H. The highest BCUT2D eigenvalue weighted by molar-refractivity contribution is 5.91. The van der Waals surface area contributed by atoms with Gasteiger partial charge in [-0.2, -0.15) is 0 Å². The number of aryl methyl sites for hydroxylation is 1. The summed E-state index contributed by atoms with van der Waals surface area (Å²) in [5.74, 6) is 0.843. The van der Waals surface area contributed by atoms with E-state index in [1.807, 2.05) is 35.9 Å². The van der Waals surface area contributed by atoms with Gasteiger partial charge in [-0.1, -0.05) is 12.1 Å². The second-order valence-electron chi connectivity index (χ2n) is 5.73. The molecule has 23 heavy (non-hydrogen) atoms. The molecule has 6 nitrogen and oxygen atoms in total. The number of benzene rings is 1. The number of carbonyl (C=O) groups is 1. The number of carbonyl (C=O) groups excluding carboxylic acids is 1. The van der Waals surface area contributed by atoms with Crippen molar-refractivity contribution in [1.29, 1.82) is 0 Å². The summed E-state index contributed by atoms with van der Waals surface area (Å²) in [6.45, 7) is 1.08. The molecule has 2 heterocycles. The summed E-state index contributed by atoms with van der Waals surface area (Å²) in [7, 11) is 1.90. The fourth-order valence-corrected chi connectivity index (χ4v) is 2.81. The second-order valence-corrected chi connectivity index (χ2v) is 5.73. The topological polar surface area (TPSA) is 71.8 Å². The van der Waals surface area contributed by atoms with E-state index >= 15 is 0 Å². The zero-order valence-electron chi connectivity index (χ0n) is 13.2. The van der Waals surface area contributed by atoms with Gasteiger partial charge in [0, 0.05) is 30.8 Å². The van der Waals surface area contributed by atoms with Crippen LogP contribution in [-0.2, 0) is 11.8 Å². The Kier molecular flexibility index (Phi) is 6.12. The fourth-order valence-electron chi connectivity index (χ4n) is 2.81. The van der Waals surface area contributed by atoms with Gasteiger partial charge in [-0.3, -0.25) is 4.79 Å². The van der Waals surface area contributed by atoms with Gasteiger partial charge in [-0.05, 0) is 37.9 Å². The Labute approximate surface area is 142 Å². The predicted molar refractivity (Wildman–Crippen MR) is 92.6 cm³/mol. The van der Waals surface area contributed by atoms with Gasteiger partial charge in [0.1, 0.15) is 6.33 Å². The zero-order chi connectivity index (χ0) is 15.4. The van der Waals surface area contributed by atoms with Crippen LogP contribution in [0.15, 0.2) is 30.6 Å². The highest BCUT2D eigenvalue weighted by atomic mass is 35.5. The van der Waals surface area contributed by atoms with E-state index in [-0.39, 0.29) is 18.3 Å². The molecule has 1 fully saturated rings. The maximum absolute atomic E-state index is 12.1. The van der Waals surface area contributed by atoms with Crippen LogP contribution >= 0.6 is 12.4 Å². The smallest absolute Gasteiger partial charge is 0.224 e. The molecule has 1 aromatic heterocycles. The number of halogens is 1. The third-order valence-corrected chi connectivity index (χ3v) is 4.00. The summed E-state index contributed by atoms with van der Waals surface area (Å²) in [6, 6.07) is 8.19. The van der Waals surface area contributed by atoms with E-state index in [1.54, 1.807) is 6.33 Å². The Balaban J connectivity index is 0.00000192. The van der Waals surface area contributed by atoms with E-state index < -0.39 is 0 Å². The first-order valence-electron chi connectivity index (χ1n) is 7.70. The molecule has 0 aliphatic carbocycles. The molecule has 0 spiro atoms. The molecule has 124 valence electrons. The second kappa shape index (κ2) is 8.08. The summed E-state index contributed by atoms with van der Waals surface area (Å²) in [5.41, 5.74) is 1.74. The molecule has 3 rings (SSSR count). The molecule has 0 radical (unpaired) electrons. The van der Waals surface area contributed by atoms with Gasteiger partial charge in [0.25, 0.3) is 0 Å². The van der Waals surface area contributed by atoms with Crippen LogP contribution in [-0.4, -0.2) is 33.3 Å². The maximum atomic E-state index is 12.1. The lowest BCUT2D eigenvalue weighted by atomic mass is 10.1. The van der Waals surface area contributed by atoms with Crippen LogP contribution in [0.2, 0.25) is 0 Å². The molecule has 0 bridgehead atoms. The number of nitrogens with one attached hydrogen (secondary N) is 2. The van der Waals surface area contributed by atoms with Gasteiger partial charge >= 0.3 is 0 Å². The minimum Gasteiger partial charge on any atom is -0.326 e. The first-order valence-corrected chi connectivity index (χ1v) is 7.70. The van der Waals surface area contributed by atoms with Crippen LogP contribution in [0.4, 0.5) is 5.69 Å². The van der Waals surface area contributed by atoms with Crippen molar-refractivity contribution in [3.63, 3.8) is 0 Å². The Bertz CT molecular complexity index is 651. The van der Waals surface area contributed by atoms with E-state index in [4.69, 9.17) is 0 Å². The average Bonchev–Trinajstić information content (AvgIpc) is 3.16. The third kappa shape index (κ3) is 4.53. The van der Waals surface area contributed by atoms with Crippen molar-refractivity contribution in [3.8, 4) is 11.4 Å². The van der Waals surface area contributed by atoms with Crippen molar-refractivity contribution < 1.29 is 4.79 Å². The molecule has 1 aliphatic heterocycles. The van der Waals surface area contributed by atoms with Gasteiger partial charge in [0.05, 0.1) is 0 Å². The van der Waals surface area contributed by atoms with E-state index in [1.165, 1.54) is 12.8 Å². The van der Waals surface area contributed by atoms with Crippen LogP contribution in [0.1, 0.15) is 25.7 Å². The van der Waals surface area contributed by atoms with Crippen LogP contribution in [0.3, 0.4) is 0 Å². The van der Waals surface area contributed by atoms with E-state index in [0.29, 0.717) is 12.5 Å². The normalized spacial score (nSPS) is 16.8. The van der Waals surface area contributed by atoms with Crippen LogP contribution in [0, 0.1) is 0 Å². The zero-order valence-corrected chi connectivity index (χ0v) is 14.0. The van der Waals surface area contributed by atoms with Gasteiger partial charge < -0.3 is 15.2 Å². The fraction of sp³-hybridized carbons (Fsp3) is 0.438. The Morgan fingerprint density at radius 3 is 3.04 bits per heavy atom. The number of aromatic nitrogens is 3. The lowest BCUT2D eigenvalue weighted by Crippen LogP contribution is -2.23. The number of anilines is 1. The molecule has 1 aromatic carbocycles. The van der Waals surface area contributed by atoms with Crippen molar-refractivity contribution in [2.45, 2.75) is 31.7 Å². The SMILES string of the molecule is Cl.Cn1cnnc1-c1cccc(NC(=O)CCC2CCCN2)c1. The molecule has 1 unspecified atom stereocenters. The number of hydrogen-bond acceptors (Lipinski definition) is 4. The third-order valence-electron chi connectivity index (χ3n) is 4.00. The highest BCUT2D eigenvalue weighted by Gasteiger charge is 2.15. The summed E-state index contributed by atoms with van der Waals surface area (Å²) < 4.78 is 1.85. The lowest BCUT2D eigenvalue weighted by Gasteiger charge is -2.10. The lowest BCUT2D eigenvalue weighted by molar-refractivity contribution is -0.116. The van der Waals surface area contributed by atoms with Crippen molar-refractivity contribution in [1.82, 2.24) is 20.1 Å². The first-order chi connectivity index (χ1) is 10.7. The molecule has 1 amide bonds. The van der Waals surface area contributed by atoms with Gasteiger partial charge in [-0.15, -0.1) is 22.6 Å². The number of hydrogen-bond donors (Lipinski definition) is 2. The minimum absolute atomic E-state index is 0. The molecular formula is C16H22ClN5O. The first kappa shape index (κ1) is 17.4. The highest BCUT2D eigenvalue weighted by Crippen LogP contribution is 2.20. The summed E-state index contributed by atoms with van der Waals surface area (Å²) >= 11 is 0. The Morgan fingerprint density at radius 2 is 2.35 bits per heavy atom. The molecule has 0 saturated carbocycles. The Morgan fingerprint density at radius 1 is 1.48 bits per heavy atom.